The summed E-state index contributed by atoms with van der Waals surface area (Å²) in [5.74, 6) is 0. The normalized spacial score (nSPS) is 10.8. The van der Waals surface area contributed by atoms with Crippen LogP contribution in [-0.4, -0.2) is 60.2 Å². The highest BCUT2D eigenvalue weighted by molar-refractivity contribution is 6.85. The van der Waals surface area contributed by atoms with Crippen molar-refractivity contribution in [3.63, 3.8) is 0 Å². The van der Waals surface area contributed by atoms with Gasteiger partial charge in [-0.25, -0.2) is 0 Å². The molecule has 0 bridgehead atoms. The Morgan fingerprint density at radius 3 is 0.872 bits per heavy atom. The maximum absolute atomic E-state index is 6.36. The van der Waals surface area contributed by atoms with Crippen LogP contribution in [0.4, 0.5) is 0 Å². The zero-order valence-corrected chi connectivity index (χ0v) is 22.3. The second-order valence-corrected chi connectivity index (χ2v) is 9.28. The molecule has 4 rings (SSSR count). The molecule has 0 saturated carbocycles. The molecule has 4 aromatic rings. The average molecular weight is 519 g/mol. The molecule has 0 spiro atoms. The van der Waals surface area contributed by atoms with E-state index in [9.17, 15) is 0 Å². The predicted molar refractivity (Wildman–Crippen MR) is 166 cm³/mol. The first-order chi connectivity index (χ1) is 19.2. The first kappa shape index (κ1) is 28.8. The molecule has 0 atom stereocenters. The molecular weight excluding hydrogens is 483 g/mol. The Morgan fingerprint density at radius 2 is 0.641 bits per heavy atom. The van der Waals surface area contributed by atoms with Crippen LogP contribution in [-0.2, 0) is 14.0 Å². The zero-order valence-electron chi connectivity index (χ0n) is 22.3. The highest BCUT2D eigenvalue weighted by Gasteiger charge is 2.30. The van der Waals surface area contributed by atoms with Crippen LogP contribution >= 0.6 is 0 Å². The first-order valence-electron chi connectivity index (χ1n) is 13.5. The van der Waals surface area contributed by atoms with E-state index >= 15 is 0 Å². The summed E-state index contributed by atoms with van der Waals surface area (Å²) in [6, 6.07) is 37.1. The van der Waals surface area contributed by atoms with Gasteiger partial charge in [-0.2, -0.15) is 0 Å². The quantitative estimate of drug-likeness (QED) is 0.173. The van der Waals surface area contributed by atoms with Gasteiger partial charge >= 0.3 is 20.7 Å². The SMILES string of the molecule is NCCOB(c1ccccc1)c1cc(B(OCCN)c2ccccc2)cc(B(OCCN)c2ccccc2)c1. The van der Waals surface area contributed by atoms with Gasteiger partial charge in [-0.3, -0.25) is 0 Å². The van der Waals surface area contributed by atoms with Gasteiger partial charge in [0, 0.05) is 39.5 Å². The lowest BCUT2D eigenvalue weighted by Gasteiger charge is -2.23. The van der Waals surface area contributed by atoms with Crippen LogP contribution in [0.15, 0.2) is 109 Å². The van der Waals surface area contributed by atoms with Gasteiger partial charge in [-0.15, -0.1) is 0 Å². The molecule has 0 aliphatic heterocycles. The molecule has 0 radical (unpaired) electrons. The fraction of sp³-hybridized carbons (Fsp3) is 0.200. The second kappa shape index (κ2) is 15.4. The fourth-order valence-corrected chi connectivity index (χ4v) is 4.75. The van der Waals surface area contributed by atoms with Gasteiger partial charge in [0.25, 0.3) is 0 Å². The van der Waals surface area contributed by atoms with Gasteiger partial charge < -0.3 is 31.2 Å². The zero-order chi connectivity index (χ0) is 27.3. The predicted octanol–water partition coefficient (Wildman–Crippen LogP) is -1.07. The summed E-state index contributed by atoms with van der Waals surface area (Å²) in [5.41, 5.74) is 23.7. The number of rotatable bonds is 15. The van der Waals surface area contributed by atoms with E-state index in [0.29, 0.717) is 39.5 Å². The summed E-state index contributed by atoms with van der Waals surface area (Å²) in [5, 5.41) is 0. The smallest absolute Gasteiger partial charge is 0.361 e. The van der Waals surface area contributed by atoms with Gasteiger partial charge in [0.05, 0.1) is 0 Å². The molecule has 0 amide bonds. The fourth-order valence-electron chi connectivity index (χ4n) is 4.75. The molecular formula is C30H36B3N3O3. The Labute approximate surface area is 233 Å². The lowest BCUT2D eigenvalue weighted by molar-refractivity contribution is 0.343. The Hall–Kier alpha value is -3.17. The van der Waals surface area contributed by atoms with Crippen LogP contribution in [0.2, 0.25) is 0 Å². The van der Waals surface area contributed by atoms with E-state index in [1.54, 1.807) is 0 Å². The van der Waals surface area contributed by atoms with Crippen molar-refractivity contribution in [3.05, 3.63) is 109 Å². The molecule has 0 aromatic heterocycles. The summed E-state index contributed by atoms with van der Waals surface area (Å²) in [6.07, 6.45) is 0. The van der Waals surface area contributed by atoms with Crippen LogP contribution in [0.3, 0.4) is 0 Å². The van der Waals surface area contributed by atoms with Crippen LogP contribution in [0, 0.1) is 0 Å². The van der Waals surface area contributed by atoms with E-state index in [0.717, 1.165) is 32.8 Å². The third kappa shape index (κ3) is 7.93. The molecule has 0 fully saturated rings. The van der Waals surface area contributed by atoms with Crippen LogP contribution in [0.5, 0.6) is 0 Å². The lowest BCUT2D eigenvalue weighted by Crippen LogP contribution is -2.56. The Balaban J connectivity index is 1.90. The minimum atomic E-state index is -0.315. The van der Waals surface area contributed by atoms with Crippen LogP contribution in [0.1, 0.15) is 0 Å². The van der Waals surface area contributed by atoms with Crippen LogP contribution in [0.25, 0.3) is 0 Å². The lowest BCUT2D eigenvalue weighted by atomic mass is 9.47. The summed E-state index contributed by atoms with van der Waals surface area (Å²) in [7, 11) is 0. The van der Waals surface area contributed by atoms with Gasteiger partial charge in [-0.1, -0.05) is 109 Å². The van der Waals surface area contributed by atoms with Gasteiger partial charge in [0.1, 0.15) is 0 Å². The van der Waals surface area contributed by atoms with E-state index in [2.05, 4.69) is 54.6 Å². The van der Waals surface area contributed by atoms with Gasteiger partial charge in [0.2, 0.25) is 0 Å². The van der Waals surface area contributed by atoms with E-state index in [4.69, 9.17) is 31.2 Å². The van der Waals surface area contributed by atoms with E-state index < -0.39 is 0 Å². The summed E-state index contributed by atoms with van der Waals surface area (Å²) in [4.78, 5) is 0. The van der Waals surface area contributed by atoms with Gasteiger partial charge in [0.15, 0.2) is 0 Å². The molecule has 0 heterocycles. The van der Waals surface area contributed by atoms with Crippen molar-refractivity contribution in [2.24, 2.45) is 17.2 Å². The third-order valence-electron chi connectivity index (χ3n) is 6.42. The van der Waals surface area contributed by atoms with Crippen molar-refractivity contribution in [3.8, 4) is 0 Å². The molecule has 0 unspecified atom stereocenters. The maximum atomic E-state index is 6.36. The molecule has 198 valence electrons. The number of benzene rings is 4. The first-order valence-corrected chi connectivity index (χ1v) is 13.5. The molecule has 4 aromatic carbocycles. The standard InChI is InChI=1S/C30H36B3N3O3/c34-16-19-37-31(25-10-4-1-5-11-25)28-22-29(32(38-20-17-35)26-12-6-2-7-13-26)24-30(23-28)33(39-21-18-36)27-14-8-3-9-15-27/h1-15,22-24H,16-21,34-36H2. The second-order valence-electron chi connectivity index (χ2n) is 9.28. The molecule has 0 saturated heterocycles. The highest BCUT2D eigenvalue weighted by Crippen LogP contribution is 2.00. The number of hydrogen-bond donors (Lipinski definition) is 3. The van der Waals surface area contributed by atoms with Crippen LogP contribution < -0.4 is 50.0 Å². The van der Waals surface area contributed by atoms with Crippen molar-refractivity contribution in [1.82, 2.24) is 0 Å². The van der Waals surface area contributed by atoms with Crippen molar-refractivity contribution < 1.29 is 14.0 Å². The summed E-state index contributed by atoms with van der Waals surface area (Å²) < 4.78 is 19.1. The Morgan fingerprint density at radius 1 is 0.385 bits per heavy atom. The largest absolute Gasteiger partial charge is 0.426 e. The van der Waals surface area contributed by atoms with E-state index in [1.807, 2.05) is 54.6 Å². The van der Waals surface area contributed by atoms with Crippen molar-refractivity contribution in [2.75, 3.05) is 39.5 Å². The molecule has 39 heavy (non-hydrogen) atoms. The van der Waals surface area contributed by atoms with Crippen molar-refractivity contribution in [2.45, 2.75) is 0 Å². The van der Waals surface area contributed by atoms with E-state index in [1.165, 1.54) is 0 Å². The minimum Gasteiger partial charge on any atom is -0.426 e. The molecule has 6 N–H and O–H groups in total. The topological polar surface area (TPSA) is 106 Å². The number of nitrogens with two attached hydrogens (primary N) is 3. The van der Waals surface area contributed by atoms with Crippen molar-refractivity contribution in [1.29, 1.82) is 0 Å². The summed E-state index contributed by atoms with van der Waals surface area (Å²) in [6.45, 7) is 1.61. The van der Waals surface area contributed by atoms with Gasteiger partial charge in [-0.05, 0) is 32.8 Å². The number of hydrogen-bond acceptors (Lipinski definition) is 6. The molecule has 9 heteroatoms. The maximum Gasteiger partial charge on any atom is 0.361 e. The van der Waals surface area contributed by atoms with E-state index in [-0.39, 0.29) is 20.7 Å². The molecule has 0 aliphatic rings. The molecule has 0 aliphatic carbocycles. The Kier molecular flexibility index (Phi) is 11.4. The monoisotopic (exact) mass is 519 g/mol. The average Bonchev–Trinajstić information content (AvgIpc) is 2.99. The van der Waals surface area contributed by atoms with Crippen molar-refractivity contribution >= 4 is 53.5 Å². The molecule has 6 nitrogen and oxygen atoms in total. The third-order valence-corrected chi connectivity index (χ3v) is 6.42. The minimum absolute atomic E-state index is 0.315. The summed E-state index contributed by atoms with van der Waals surface area (Å²) >= 11 is 0. The Bertz CT molecular complexity index is 1090. The highest BCUT2D eigenvalue weighted by atomic mass is 16.4.